The van der Waals surface area contributed by atoms with Crippen molar-refractivity contribution in [3.8, 4) is 11.5 Å². The van der Waals surface area contributed by atoms with Crippen LogP contribution in [0.4, 0.5) is 5.95 Å². The number of morpholine rings is 1. The van der Waals surface area contributed by atoms with Crippen molar-refractivity contribution in [1.29, 1.82) is 0 Å². The van der Waals surface area contributed by atoms with E-state index >= 15 is 0 Å². The molecular weight excluding hydrogens is 438 g/mol. The standard InChI is InChI=1S/C24H29N5O5/c1-24(2)11-16-21(17(30)12-24)22(29-23(27-16)25-14-26-29)15-4-5-18(19(10-15)32-3)34-13-20(31)28-6-8-33-9-7-28/h4-5,10,14,22H,6-9,11-13H2,1-3H3,(H,25,26,27). The van der Waals surface area contributed by atoms with Gasteiger partial charge in [0.05, 0.1) is 20.3 Å². The highest BCUT2D eigenvalue weighted by Gasteiger charge is 2.41. The smallest absolute Gasteiger partial charge is 0.260 e. The number of ketones is 1. The molecule has 180 valence electrons. The van der Waals surface area contributed by atoms with Crippen LogP contribution < -0.4 is 14.8 Å². The molecule has 0 radical (unpaired) electrons. The van der Waals surface area contributed by atoms with Gasteiger partial charge in [0.1, 0.15) is 12.4 Å². The van der Waals surface area contributed by atoms with Crippen molar-refractivity contribution in [1.82, 2.24) is 19.7 Å². The van der Waals surface area contributed by atoms with Gasteiger partial charge in [0, 0.05) is 30.8 Å². The highest BCUT2D eigenvalue weighted by Crippen LogP contribution is 2.46. The molecule has 34 heavy (non-hydrogen) atoms. The van der Waals surface area contributed by atoms with E-state index in [2.05, 4.69) is 29.2 Å². The molecule has 1 saturated heterocycles. The number of fused-ring (bicyclic) bond motifs is 1. The van der Waals surface area contributed by atoms with E-state index in [4.69, 9.17) is 14.2 Å². The first kappa shape index (κ1) is 22.4. The number of ether oxygens (including phenoxy) is 3. The molecule has 1 aromatic heterocycles. The average Bonchev–Trinajstić information content (AvgIpc) is 3.29. The number of carbonyl (C=O) groups excluding carboxylic acids is 2. The molecule has 0 spiro atoms. The summed E-state index contributed by atoms with van der Waals surface area (Å²) in [5.41, 5.74) is 2.30. The zero-order valence-corrected chi connectivity index (χ0v) is 19.7. The molecule has 10 nitrogen and oxygen atoms in total. The minimum Gasteiger partial charge on any atom is -0.493 e. The highest BCUT2D eigenvalue weighted by atomic mass is 16.5. The summed E-state index contributed by atoms with van der Waals surface area (Å²) in [7, 11) is 1.55. The van der Waals surface area contributed by atoms with Gasteiger partial charge in [0.15, 0.2) is 23.9 Å². The van der Waals surface area contributed by atoms with Crippen molar-refractivity contribution in [3.63, 3.8) is 0 Å². The summed E-state index contributed by atoms with van der Waals surface area (Å²) in [4.78, 5) is 31.8. The van der Waals surface area contributed by atoms with Crippen LogP contribution in [-0.2, 0) is 14.3 Å². The Morgan fingerprint density at radius 2 is 2.03 bits per heavy atom. The van der Waals surface area contributed by atoms with Crippen molar-refractivity contribution < 1.29 is 23.8 Å². The van der Waals surface area contributed by atoms with Gasteiger partial charge in [-0.3, -0.25) is 9.59 Å². The van der Waals surface area contributed by atoms with Gasteiger partial charge in [-0.25, -0.2) is 4.68 Å². The van der Waals surface area contributed by atoms with E-state index in [1.54, 1.807) is 22.8 Å². The van der Waals surface area contributed by atoms with Crippen molar-refractivity contribution in [2.75, 3.05) is 45.3 Å². The Bertz CT molecular complexity index is 1150. The van der Waals surface area contributed by atoms with E-state index in [0.717, 1.165) is 17.7 Å². The second kappa shape index (κ2) is 8.75. The zero-order chi connectivity index (χ0) is 23.9. The van der Waals surface area contributed by atoms with E-state index in [-0.39, 0.29) is 23.7 Å². The summed E-state index contributed by atoms with van der Waals surface area (Å²) in [5, 5.41) is 7.70. The van der Waals surface area contributed by atoms with Crippen LogP contribution in [0.2, 0.25) is 0 Å². The number of amides is 1. The third kappa shape index (κ3) is 4.13. The Hall–Kier alpha value is -3.40. The lowest BCUT2D eigenvalue weighted by Crippen LogP contribution is -2.43. The number of nitrogens with zero attached hydrogens (tertiary/aromatic N) is 4. The van der Waals surface area contributed by atoms with E-state index in [1.165, 1.54) is 6.33 Å². The average molecular weight is 468 g/mol. The van der Waals surface area contributed by atoms with E-state index in [9.17, 15) is 9.59 Å². The first-order chi connectivity index (χ1) is 16.4. The number of anilines is 1. The lowest BCUT2D eigenvalue weighted by molar-refractivity contribution is -0.137. The second-order valence-corrected chi connectivity index (χ2v) is 9.58. The number of carbonyl (C=O) groups is 2. The van der Waals surface area contributed by atoms with Crippen LogP contribution in [0.5, 0.6) is 11.5 Å². The van der Waals surface area contributed by atoms with Gasteiger partial charge >= 0.3 is 0 Å². The largest absolute Gasteiger partial charge is 0.493 e. The molecule has 5 rings (SSSR count). The van der Waals surface area contributed by atoms with Crippen LogP contribution in [0, 0.1) is 5.41 Å². The van der Waals surface area contributed by atoms with Gasteiger partial charge in [-0.15, -0.1) is 0 Å². The Morgan fingerprint density at radius 1 is 1.24 bits per heavy atom. The number of allylic oxidation sites excluding steroid dienone is 2. The zero-order valence-electron chi connectivity index (χ0n) is 19.7. The van der Waals surface area contributed by atoms with Crippen molar-refractivity contribution in [2.45, 2.75) is 32.7 Å². The number of nitrogens with one attached hydrogen (secondary N) is 1. The predicted molar refractivity (Wildman–Crippen MR) is 123 cm³/mol. The molecular formula is C24H29N5O5. The normalized spacial score (nSPS) is 21.4. The summed E-state index contributed by atoms with van der Waals surface area (Å²) in [5.74, 6) is 1.55. The van der Waals surface area contributed by atoms with Crippen LogP contribution in [-0.4, -0.2) is 71.4 Å². The molecule has 0 saturated carbocycles. The van der Waals surface area contributed by atoms with E-state index in [0.29, 0.717) is 55.7 Å². The summed E-state index contributed by atoms with van der Waals surface area (Å²) >= 11 is 0. The fourth-order valence-corrected chi connectivity index (χ4v) is 4.87. The molecule has 2 aromatic rings. The first-order valence-electron chi connectivity index (χ1n) is 11.5. The summed E-state index contributed by atoms with van der Waals surface area (Å²) in [6.07, 6.45) is 2.70. The van der Waals surface area contributed by atoms with Gasteiger partial charge in [-0.1, -0.05) is 19.9 Å². The van der Waals surface area contributed by atoms with Crippen molar-refractivity contribution >= 4 is 17.6 Å². The molecule has 1 amide bonds. The van der Waals surface area contributed by atoms with E-state index in [1.807, 2.05) is 12.1 Å². The maximum absolute atomic E-state index is 13.2. The Balaban J connectivity index is 1.43. The lowest BCUT2D eigenvalue weighted by atomic mass is 9.73. The minimum atomic E-state index is -0.421. The quantitative estimate of drug-likeness (QED) is 0.713. The summed E-state index contributed by atoms with van der Waals surface area (Å²) in [6, 6.07) is 5.08. The number of methoxy groups -OCH3 is 1. The summed E-state index contributed by atoms with van der Waals surface area (Å²) in [6.45, 7) is 6.32. The third-order valence-electron chi connectivity index (χ3n) is 6.49. The van der Waals surface area contributed by atoms with Crippen LogP contribution in [0.3, 0.4) is 0 Å². The van der Waals surface area contributed by atoms with Crippen molar-refractivity contribution in [3.05, 3.63) is 41.4 Å². The molecule has 10 heteroatoms. The fourth-order valence-electron chi connectivity index (χ4n) is 4.87. The first-order valence-corrected chi connectivity index (χ1v) is 11.5. The molecule has 1 atom stereocenters. The monoisotopic (exact) mass is 467 g/mol. The number of Topliss-reactive ketones (excluding diaryl/α,β-unsaturated/α-hetero) is 1. The molecule has 0 bridgehead atoms. The number of hydrogen-bond acceptors (Lipinski definition) is 8. The lowest BCUT2D eigenvalue weighted by Gasteiger charge is -2.38. The van der Waals surface area contributed by atoms with Crippen LogP contribution in [0.15, 0.2) is 35.8 Å². The van der Waals surface area contributed by atoms with E-state index < -0.39 is 6.04 Å². The molecule has 1 fully saturated rings. The Kier molecular flexibility index (Phi) is 5.76. The molecule has 3 aliphatic rings. The predicted octanol–water partition coefficient (Wildman–Crippen LogP) is 2.18. The molecule has 2 aliphatic heterocycles. The van der Waals surface area contributed by atoms with Crippen LogP contribution in [0.1, 0.15) is 38.3 Å². The van der Waals surface area contributed by atoms with Gasteiger partial charge < -0.3 is 24.4 Å². The van der Waals surface area contributed by atoms with Gasteiger partial charge in [0.2, 0.25) is 5.95 Å². The van der Waals surface area contributed by atoms with Gasteiger partial charge in [-0.05, 0) is 29.5 Å². The molecule has 1 N–H and O–H groups in total. The van der Waals surface area contributed by atoms with Crippen molar-refractivity contribution in [2.24, 2.45) is 5.41 Å². The van der Waals surface area contributed by atoms with Gasteiger partial charge in [-0.2, -0.15) is 10.1 Å². The topological polar surface area (TPSA) is 108 Å². The maximum Gasteiger partial charge on any atom is 0.260 e. The number of hydrogen-bond donors (Lipinski definition) is 1. The highest BCUT2D eigenvalue weighted by molar-refractivity contribution is 6.00. The molecule has 1 unspecified atom stereocenters. The Labute approximate surface area is 197 Å². The number of rotatable bonds is 5. The molecule has 1 aromatic carbocycles. The summed E-state index contributed by atoms with van der Waals surface area (Å²) < 4.78 is 18.4. The molecule has 1 aliphatic carbocycles. The maximum atomic E-state index is 13.2. The third-order valence-corrected chi connectivity index (χ3v) is 6.49. The van der Waals surface area contributed by atoms with Crippen LogP contribution >= 0.6 is 0 Å². The van der Waals surface area contributed by atoms with Gasteiger partial charge in [0.25, 0.3) is 5.91 Å². The number of aromatic nitrogens is 3. The SMILES string of the molecule is COc1cc(C2C3=C(CC(C)(C)CC3=O)Nc3ncnn32)ccc1OCC(=O)N1CCOCC1. The second-order valence-electron chi connectivity index (χ2n) is 9.58. The fraction of sp³-hybridized carbons (Fsp3) is 0.500. The van der Waals surface area contributed by atoms with Crippen LogP contribution in [0.25, 0.3) is 0 Å². The number of benzene rings is 1. The Morgan fingerprint density at radius 3 is 2.79 bits per heavy atom. The minimum absolute atomic E-state index is 0.0842. The molecule has 3 heterocycles.